The van der Waals surface area contributed by atoms with Crippen LogP contribution in [0.4, 0.5) is 5.95 Å². The van der Waals surface area contributed by atoms with Crippen LogP contribution in [0.15, 0.2) is 0 Å². The topological polar surface area (TPSA) is 62.1 Å². The Morgan fingerprint density at radius 3 is 2.44 bits per heavy atom. The minimum atomic E-state index is -0.718. The first-order chi connectivity index (χ1) is 7.46. The van der Waals surface area contributed by atoms with Gasteiger partial charge in [-0.05, 0) is 43.0 Å². The van der Waals surface area contributed by atoms with Gasteiger partial charge < -0.3 is 10.0 Å². The standard InChI is InChI=1S/C9H12Cl2N4O/c1-9(16)3-2-4-15(5-9)8-13-6(10)12-7(11)14-8/h16H,2-5H2,1H3. The summed E-state index contributed by atoms with van der Waals surface area (Å²) in [5.41, 5.74) is -0.718. The molecule has 0 amide bonds. The van der Waals surface area contributed by atoms with Gasteiger partial charge in [-0.15, -0.1) is 0 Å². The molecule has 2 heterocycles. The lowest BCUT2D eigenvalue weighted by atomic mass is 9.95. The van der Waals surface area contributed by atoms with Gasteiger partial charge in [0.1, 0.15) is 0 Å². The van der Waals surface area contributed by atoms with Crippen molar-refractivity contribution in [2.45, 2.75) is 25.4 Å². The van der Waals surface area contributed by atoms with Gasteiger partial charge in [0.15, 0.2) is 0 Å². The Labute approximate surface area is 103 Å². The molecule has 0 aromatic carbocycles. The van der Waals surface area contributed by atoms with Crippen LogP contribution in [0.5, 0.6) is 0 Å². The summed E-state index contributed by atoms with van der Waals surface area (Å²) in [5, 5.41) is 10.1. The Bertz CT molecular complexity index is 379. The van der Waals surface area contributed by atoms with Gasteiger partial charge in [-0.25, -0.2) is 0 Å². The van der Waals surface area contributed by atoms with E-state index in [2.05, 4.69) is 15.0 Å². The number of aliphatic hydroxyl groups is 1. The Hall–Kier alpha value is -0.650. The summed E-state index contributed by atoms with van der Waals surface area (Å²) in [7, 11) is 0. The van der Waals surface area contributed by atoms with Crippen LogP contribution in [0.2, 0.25) is 10.6 Å². The summed E-state index contributed by atoms with van der Waals surface area (Å²) in [6.45, 7) is 3.06. The van der Waals surface area contributed by atoms with Gasteiger partial charge in [-0.2, -0.15) is 15.0 Å². The zero-order valence-corrected chi connectivity index (χ0v) is 10.3. The normalized spacial score (nSPS) is 25.9. The van der Waals surface area contributed by atoms with Gasteiger partial charge in [0.2, 0.25) is 16.5 Å². The maximum Gasteiger partial charge on any atom is 0.231 e. The monoisotopic (exact) mass is 262 g/mol. The minimum absolute atomic E-state index is 0.0696. The smallest absolute Gasteiger partial charge is 0.231 e. The van der Waals surface area contributed by atoms with Crippen LogP contribution >= 0.6 is 23.2 Å². The summed E-state index contributed by atoms with van der Waals surface area (Å²) in [6.07, 6.45) is 1.66. The fourth-order valence-electron chi connectivity index (χ4n) is 1.85. The maximum atomic E-state index is 9.97. The van der Waals surface area contributed by atoms with Crippen LogP contribution in [0.25, 0.3) is 0 Å². The highest BCUT2D eigenvalue weighted by molar-refractivity contribution is 6.31. The number of halogens is 2. The molecule has 0 spiro atoms. The second-order valence-corrected chi connectivity index (χ2v) is 4.87. The molecule has 1 aliphatic rings. The predicted molar refractivity (Wildman–Crippen MR) is 61.9 cm³/mol. The van der Waals surface area contributed by atoms with Gasteiger partial charge in [0, 0.05) is 13.1 Å². The van der Waals surface area contributed by atoms with Crippen LogP contribution < -0.4 is 4.90 Å². The first-order valence-electron chi connectivity index (χ1n) is 5.01. The van der Waals surface area contributed by atoms with E-state index in [9.17, 15) is 5.11 Å². The van der Waals surface area contributed by atoms with Crippen molar-refractivity contribution >= 4 is 29.2 Å². The molecule has 1 unspecified atom stereocenters. The maximum absolute atomic E-state index is 9.97. The van der Waals surface area contributed by atoms with Crippen molar-refractivity contribution in [3.05, 3.63) is 10.6 Å². The molecule has 1 atom stereocenters. The average molecular weight is 263 g/mol. The number of hydrogen-bond donors (Lipinski definition) is 1. The number of aromatic nitrogens is 3. The molecule has 0 radical (unpaired) electrons. The third-order valence-corrected chi connectivity index (χ3v) is 2.86. The third-order valence-electron chi connectivity index (χ3n) is 2.53. The van der Waals surface area contributed by atoms with Crippen LogP contribution in [0.1, 0.15) is 19.8 Å². The third kappa shape index (κ3) is 2.72. The molecule has 0 aliphatic carbocycles. The van der Waals surface area contributed by atoms with Crippen LogP contribution in [-0.4, -0.2) is 38.7 Å². The number of piperidine rings is 1. The van der Waals surface area contributed by atoms with Crippen molar-refractivity contribution in [2.75, 3.05) is 18.0 Å². The second-order valence-electron chi connectivity index (χ2n) is 4.20. The van der Waals surface area contributed by atoms with E-state index < -0.39 is 5.60 Å². The first-order valence-corrected chi connectivity index (χ1v) is 5.76. The van der Waals surface area contributed by atoms with Crippen molar-refractivity contribution in [3.8, 4) is 0 Å². The van der Waals surface area contributed by atoms with Crippen LogP contribution in [0.3, 0.4) is 0 Å². The van der Waals surface area contributed by atoms with E-state index in [-0.39, 0.29) is 10.6 Å². The quantitative estimate of drug-likeness (QED) is 0.832. The fraction of sp³-hybridized carbons (Fsp3) is 0.667. The molecule has 1 N–H and O–H groups in total. The highest BCUT2D eigenvalue weighted by Gasteiger charge is 2.29. The second kappa shape index (κ2) is 4.31. The summed E-state index contributed by atoms with van der Waals surface area (Å²) < 4.78 is 0. The van der Waals surface area contributed by atoms with E-state index >= 15 is 0 Å². The molecular weight excluding hydrogens is 251 g/mol. The molecule has 1 aliphatic heterocycles. The van der Waals surface area contributed by atoms with Crippen molar-refractivity contribution in [1.82, 2.24) is 15.0 Å². The molecule has 5 nitrogen and oxygen atoms in total. The molecule has 16 heavy (non-hydrogen) atoms. The van der Waals surface area contributed by atoms with Gasteiger partial charge in [-0.1, -0.05) is 0 Å². The highest BCUT2D eigenvalue weighted by atomic mass is 35.5. The van der Waals surface area contributed by atoms with Crippen LogP contribution in [0, 0.1) is 0 Å². The molecule has 2 rings (SSSR count). The van der Waals surface area contributed by atoms with Gasteiger partial charge in [-0.3, -0.25) is 0 Å². The molecule has 1 aromatic heterocycles. The van der Waals surface area contributed by atoms with Crippen molar-refractivity contribution in [2.24, 2.45) is 0 Å². The van der Waals surface area contributed by atoms with E-state index in [0.717, 1.165) is 19.4 Å². The number of hydrogen-bond acceptors (Lipinski definition) is 5. The molecule has 0 bridgehead atoms. The van der Waals surface area contributed by atoms with Crippen molar-refractivity contribution in [3.63, 3.8) is 0 Å². The predicted octanol–water partition coefficient (Wildman–Crippen LogP) is 1.53. The van der Waals surface area contributed by atoms with Crippen LogP contribution in [-0.2, 0) is 0 Å². The lowest BCUT2D eigenvalue weighted by Crippen LogP contribution is -2.46. The first kappa shape index (κ1) is 11.8. The van der Waals surface area contributed by atoms with E-state index in [1.54, 1.807) is 6.92 Å². The Morgan fingerprint density at radius 1 is 1.25 bits per heavy atom. The van der Waals surface area contributed by atoms with Crippen molar-refractivity contribution < 1.29 is 5.11 Å². The lowest BCUT2D eigenvalue weighted by molar-refractivity contribution is 0.0444. The van der Waals surface area contributed by atoms with Gasteiger partial charge in [0.25, 0.3) is 0 Å². The summed E-state index contributed by atoms with van der Waals surface area (Å²) in [4.78, 5) is 13.5. The molecule has 7 heteroatoms. The van der Waals surface area contributed by atoms with E-state index in [0.29, 0.717) is 12.5 Å². The summed E-state index contributed by atoms with van der Waals surface area (Å²) >= 11 is 11.4. The fourth-order valence-corrected chi connectivity index (χ4v) is 2.20. The molecule has 1 fully saturated rings. The average Bonchev–Trinajstić information content (AvgIpc) is 2.14. The number of anilines is 1. The number of rotatable bonds is 1. The molecule has 1 saturated heterocycles. The molecule has 0 saturated carbocycles. The summed E-state index contributed by atoms with van der Waals surface area (Å²) in [6, 6.07) is 0. The number of nitrogens with zero attached hydrogens (tertiary/aromatic N) is 4. The highest BCUT2D eigenvalue weighted by Crippen LogP contribution is 2.24. The van der Waals surface area contributed by atoms with E-state index in [4.69, 9.17) is 23.2 Å². The zero-order chi connectivity index (χ0) is 11.8. The zero-order valence-electron chi connectivity index (χ0n) is 8.82. The lowest BCUT2D eigenvalue weighted by Gasteiger charge is -2.36. The SMILES string of the molecule is CC1(O)CCCN(c2nc(Cl)nc(Cl)n2)C1. The van der Waals surface area contributed by atoms with E-state index in [1.165, 1.54) is 0 Å². The Kier molecular flexibility index (Phi) is 3.19. The molecule has 88 valence electrons. The molecule has 1 aromatic rings. The molecular formula is C9H12Cl2N4O. The largest absolute Gasteiger partial charge is 0.388 e. The van der Waals surface area contributed by atoms with Crippen molar-refractivity contribution in [1.29, 1.82) is 0 Å². The Balaban J connectivity index is 2.23. The Morgan fingerprint density at radius 2 is 1.88 bits per heavy atom. The summed E-state index contributed by atoms with van der Waals surface area (Å²) in [5.74, 6) is 0.421. The van der Waals surface area contributed by atoms with Gasteiger partial charge >= 0.3 is 0 Å². The number of β-amino-alcohol motifs (C(OH)–C–C–N with tert-alkyl or cyclic N) is 1. The minimum Gasteiger partial charge on any atom is -0.388 e. The van der Waals surface area contributed by atoms with E-state index in [1.807, 2.05) is 4.90 Å². The van der Waals surface area contributed by atoms with Gasteiger partial charge in [0.05, 0.1) is 5.60 Å².